The number of hydrogen-bond acceptors (Lipinski definition) is 2. The Morgan fingerprint density at radius 1 is 1.58 bits per heavy atom. The Balaban J connectivity index is 3.36. The van der Waals surface area contributed by atoms with Gasteiger partial charge < -0.3 is 9.30 Å². The van der Waals surface area contributed by atoms with Crippen LogP contribution in [-0.2, 0) is 13.5 Å². The van der Waals surface area contributed by atoms with Crippen LogP contribution in [0.2, 0.25) is 0 Å². The van der Waals surface area contributed by atoms with Crippen LogP contribution >= 0.6 is 0 Å². The standard InChI is InChI=1S/C9H13NO2/c1-4-7-5-6-10(2)9(11)8(7)12-3/h5-6H,4H2,1-3H3. The largest absolute Gasteiger partial charge is 0.491 e. The van der Waals surface area contributed by atoms with E-state index < -0.39 is 0 Å². The van der Waals surface area contributed by atoms with Crippen molar-refractivity contribution >= 4 is 0 Å². The summed E-state index contributed by atoms with van der Waals surface area (Å²) in [5.41, 5.74) is 0.887. The molecule has 0 N–H and O–H groups in total. The molecule has 0 saturated heterocycles. The van der Waals surface area contributed by atoms with Crippen LogP contribution in [0.3, 0.4) is 0 Å². The van der Waals surface area contributed by atoms with Crippen molar-refractivity contribution in [1.29, 1.82) is 0 Å². The quantitative estimate of drug-likeness (QED) is 0.656. The molecule has 0 aliphatic heterocycles. The molecule has 1 rings (SSSR count). The summed E-state index contributed by atoms with van der Waals surface area (Å²) in [4.78, 5) is 11.4. The van der Waals surface area contributed by atoms with E-state index in [0.717, 1.165) is 12.0 Å². The highest BCUT2D eigenvalue weighted by Gasteiger charge is 2.05. The van der Waals surface area contributed by atoms with Crippen molar-refractivity contribution in [3.05, 3.63) is 28.2 Å². The van der Waals surface area contributed by atoms with Crippen LogP contribution in [0, 0.1) is 0 Å². The van der Waals surface area contributed by atoms with Crippen LogP contribution in [-0.4, -0.2) is 11.7 Å². The molecule has 1 aromatic heterocycles. The van der Waals surface area contributed by atoms with Crippen LogP contribution in [0.5, 0.6) is 5.75 Å². The molecule has 0 amide bonds. The second-order valence-corrected chi connectivity index (χ2v) is 2.64. The van der Waals surface area contributed by atoms with E-state index in [2.05, 4.69) is 0 Å². The zero-order chi connectivity index (χ0) is 9.14. The van der Waals surface area contributed by atoms with Crippen LogP contribution in [0.15, 0.2) is 17.1 Å². The normalized spacial score (nSPS) is 9.92. The van der Waals surface area contributed by atoms with Gasteiger partial charge >= 0.3 is 0 Å². The molecule has 0 aromatic carbocycles. The maximum atomic E-state index is 11.4. The first-order valence-corrected chi connectivity index (χ1v) is 3.93. The number of methoxy groups -OCH3 is 1. The molecule has 3 nitrogen and oxygen atoms in total. The molecule has 3 heteroatoms. The molecule has 0 aliphatic carbocycles. The number of aromatic nitrogens is 1. The van der Waals surface area contributed by atoms with Crippen molar-refractivity contribution in [2.45, 2.75) is 13.3 Å². The summed E-state index contributed by atoms with van der Waals surface area (Å²) in [7, 11) is 3.24. The molecule has 1 heterocycles. The van der Waals surface area contributed by atoms with E-state index in [9.17, 15) is 4.79 Å². The summed E-state index contributed by atoms with van der Waals surface area (Å²) in [5, 5.41) is 0. The van der Waals surface area contributed by atoms with Crippen molar-refractivity contribution < 1.29 is 4.74 Å². The Morgan fingerprint density at radius 3 is 2.75 bits per heavy atom. The minimum absolute atomic E-state index is 0.0724. The van der Waals surface area contributed by atoms with E-state index in [0.29, 0.717) is 5.75 Å². The fourth-order valence-electron chi connectivity index (χ4n) is 1.14. The Hall–Kier alpha value is -1.25. The number of hydrogen-bond donors (Lipinski definition) is 0. The number of aryl methyl sites for hydroxylation is 2. The minimum Gasteiger partial charge on any atom is -0.491 e. The lowest BCUT2D eigenvalue weighted by molar-refractivity contribution is 0.400. The van der Waals surface area contributed by atoms with Gasteiger partial charge in [-0.3, -0.25) is 4.79 Å². The highest BCUT2D eigenvalue weighted by Crippen LogP contribution is 2.11. The number of nitrogens with zero attached hydrogens (tertiary/aromatic N) is 1. The number of pyridine rings is 1. The molecular formula is C9H13NO2. The molecule has 0 bridgehead atoms. The molecule has 0 aliphatic rings. The van der Waals surface area contributed by atoms with Crippen molar-refractivity contribution in [1.82, 2.24) is 4.57 Å². The Morgan fingerprint density at radius 2 is 2.25 bits per heavy atom. The molecule has 0 spiro atoms. The van der Waals surface area contributed by atoms with Gasteiger partial charge in [-0.15, -0.1) is 0 Å². The monoisotopic (exact) mass is 167 g/mol. The van der Waals surface area contributed by atoms with Crippen LogP contribution in [0.4, 0.5) is 0 Å². The van der Waals surface area contributed by atoms with Gasteiger partial charge in [0.15, 0.2) is 5.75 Å². The molecule has 0 radical (unpaired) electrons. The van der Waals surface area contributed by atoms with Gasteiger partial charge in [-0.25, -0.2) is 0 Å². The van der Waals surface area contributed by atoms with E-state index in [4.69, 9.17) is 4.74 Å². The first-order chi connectivity index (χ1) is 5.70. The van der Waals surface area contributed by atoms with Crippen molar-refractivity contribution in [2.24, 2.45) is 7.05 Å². The van der Waals surface area contributed by atoms with Crippen LogP contribution in [0.25, 0.3) is 0 Å². The molecule has 0 unspecified atom stereocenters. The fraction of sp³-hybridized carbons (Fsp3) is 0.444. The lowest BCUT2D eigenvalue weighted by Crippen LogP contribution is -2.18. The maximum Gasteiger partial charge on any atom is 0.292 e. The summed E-state index contributed by atoms with van der Waals surface area (Å²) in [5.74, 6) is 0.461. The molecule has 0 fully saturated rings. The van der Waals surface area contributed by atoms with Gasteiger partial charge in [0.1, 0.15) is 0 Å². The first-order valence-electron chi connectivity index (χ1n) is 3.93. The first kappa shape index (κ1) is 8.84. The average molecular weight is 167 g/mol. The second-order valence-electron chi connectivity index (χ2n) is 2.64. The lowest BCUT2D eigenvalue weighted by Gasteiger charge is -2.06. The summed E-state index contributed by atoms with van der Waals surface area (Å²) in [6, 6.07) is 1.90. The van der Waals surface area contributed by atoms with Crippen LogP contribution < -0.4 is 10.3 Å². The van der Waals surface area contributed by atoms with Gasteiger partial charge in [0.25, 0.3) is 5.56 Å². The summed E-state index contributed by atoms with van der Waals surface area (Å²) >= 11 is 0. The van der Waals surface area contributed by atoms with Crippen LogP contribution in [0.1, 0.15) is 12.5 Å². The molecule has 1 aromatic rings. The zero-order valence-electron chi connectivity index (χ0n) is 7.63. The second kappa shape index (κ2) is 3.43. The van der Waals surface area contributed by atoms with Gasteiger partial charge in [0.2, 0.25) is 0 Å². The van der Waals surface area contributed by atoms with Crippen molar-refractivity contribution in [3.63, 3.8) is 0 Å². The topological polar surface area (TPSA) is 31.2 Å². The van der Waals surface area contributed by atoms with Gasteiger partial charge in [0, 0.05) is 18.8 Å². The summed E-state index contributed by atoms with van der Waals surface area (Å²) in [6.07, 6.45) is 2.57. The Kier molecular flexibility index (Phi) is 2.53. The molecule has 12 heavy (non-hydrogen) atoms. The van der Waals surface area contributed by atoms with E-state index in [1.165, 1.54) is 11.7 Å². The maximum absolute atomic E-state index is 11.4. The highest BCUT2D eigenvalue weighted by atomic mass is 16.5. The SMILES string of the molecule is CCc1ccn(C)c(=O)c1OC. The van der Waals surface area contributed by atoms with E-state index in [1.54, 1.807) is 13.2 Å². The third kappa shape index (κ3) is 1.35. The average Bonchev–Trinajstić information content (AvgIpc) is 2.09. The number of rotatable bonds is 2. The van der Waals surface area contributed by atoms with Gasteiger partial charge in [-0.05, 0) is 12.5 Å². The summed E-state index contributed by atoms with van der Waals surface area (Å²) < 4.78 is 6.53. The molecule has 66 valence electrons. The van der Waals surface area contributed by atoms with Crippen molar-refractivity contribution in [3.8, 4) is 5.75 Å². The van der Waals surface area contributed by atoms with Crippen molar-refractivity contribution in [2.75, 3.05) is 7.11 Å². The smallest absolute Gasteiger partial charge is 0.292 e. The molecule has 0 saturated carbocycles. The minimum atomic E-state index is -0.0724. The van der Waals surface area contributed by atoms with E-state index in [-0.39, 0.29) is 5.56 Å². The number of ether oxygens (including phenoxy) is 1. The van der Waals surface area contributed by atoms with Gasteiger partial charge in [-0.2, -0.15) is 0 Å². The van der Waals surface area contributed by atoms with Gasteiger partial charge in [-0.1, -0.05) is 6.92 Å². The zero-order valence-corrected chi connectivity index (χ0v) is 7.63. The predicted octanol–water partition coefficient (Wildman–Crippen LogP) is 0.956. The highest BCUT2D eigenvalue weighted by molar-refractivity contribution is 5.30. The van der Waals surface area contributed by atoms with Gasteiger partial charge in [0.05, 0.1) is 7.11 Å². The summed E-state index contributed by atoms with van der Waals surface area (Å²) in [6.45, 7) is 2.00. The Labute approximate surface area is 71.6 Å². The Bertz CT molecular complexity index is 328. The third-order valence-corrected chi connectivity index (χ3v) is 1.89. The molecule has 0 atom stereocenters. The third-order valence-electron chi connectivity index (χ3n) is 1.89. The van der Waals surface area contributed by atoms with E-state index in [1.807, 2.05) is 13.0 Å². The van der Waals surface area contributed by atoms with E-state index >= 15 is 0 Å². The lowest BCUT2D eigenvalue weighted by atomic mass is 10.2. The predicted molar refractivity (Wildman–Crippen MR) is 47.6 cm³/mol. The molecular weight excluding hydrogens is 154 g/mol. The fourth-order valence-corrected chi connectivity index (χ4v) is 1.14.